The van der Waals surface area contributed by atoms with Gasteiger partial charge in [-0.15, -0.1) is 24.2 Å². The van der Waals surface area contributed by atoms with Gasteiger partial charge in [0.1, 0.15) is 11.8 Å². The van der Waals surface area contributed by atoms with E-state index in [1.807, 2.05) is 31.2 Å². The van der Waals surface area contributed by atoms with Crippen molar-refractivity contribution >= 4 is 46.9 Å². The number of aryl methyl sites for hydroxylation is 1. The molecule has 0 radical (unpaired) electrons. The quantitative estimate of drug-likeness (QED) is 0.171. The highest BCUT2D eigenvalue weighted by molar-refractivity contribution is 7.99. The number of ether oxygens (including phenoxy) is 1. The van der Waals surface area contributed by atoms with E-state index >= 15 is 0 Å². The number of carboxylic acids is 1. The second-order valence-electron chi connectivity index (χ2n) is 8.89. The summed E-state index contributed by atoms with van der Waals surface area (Å²) in [6, 6.07) is 10.1. The van der Waals surface area contributed by atoms with Gasteiger partial charge in [0.25, 0.3) is 0 Å². The fourth-order valence-electron chi connectivity index (χ4n) is 4.03. The molecule has 0 aliphatic heterocycles. The van der Waals surface area contributed by atoms with Gasteiger partial charge in [0.2, 0.25) is 5.91 Å². The molecule has 1 amide bonds. The van der Waals surface area contributed by atoms with Crippen LogP contribution >= 0.6 is 24.2 Å². The standard InChI is InChI=1S/C28H31F3N2O4S.ClH/c1-3-20-15-19(16-24(27(35)36)33-18(2)34)7-10-25(20)37-13-5-4-6-14-38-26-11-12-32-23-17-21(28(29,30)31)8-9-22(23)26;/h7-12,15,17,24H,3-6,13-14,16H2,1-2H3,(H,33,34)(H,35,36);1H. The molecule has 0 aliphatic carbocycles. The SMILES string of the molecule is CCc1cc(CC(NC(C)=O)C(=O)O)ccc1OCCCCCSc1ccnc2cc(C(F)(F)F)ccc12.Cl. The second kappa shape index (κ2) is 15.0. The number of thioether (sulfide) groups is 1. The van der Waals surface area contributed by atoms with Gasteiger partial charge in [0.05, 0.1) is 17.7 Å². The van der Waals surface area contributed by atoms with Crippen LogP contribution in [-0.2, 0) is 28.6 Å². The zero-order valence-electron chi connectivity index (χ0n) is 21.7. The van der Waals surface area contributed by atoms with Gasteiger partial charge in [-0.25, -0.2) is 4.79 Å². The molecule has 1 atom stereocenters. The van der Waals surface area contributed by atoms with Crippen LogP contribution in [0.1, 0.15) is 49.8 Å². The summed E-state index contributed by atoms with van der Waals surface area (Å²) in [5.41, 5.74) is 1.42. The van der Waals surface area contributed by atoms with E-state index in [0.29, 0.717) is 12.1 Å². The Morgan fingerprint density at radius 1 is 1.10 bits per heavy atom. The molecule has 0 saturated heterocycles. The summed E-state index contributed by atoms with van der Waals surface area (Å²) in [4.78, 5) is 27.7. The number of hydrogen-bond acceptors (Lipinski definition) is 5. The Morgan fingerprint density at radius 2 is 1.87 bits per heavy atom. The molecule has 3 rings (SSSR count). The fraction of sp³-hybridized carbons (Fsp3) is 0.393. The van der Waals surface area contributed by atoms with Crippen LogP contribution in [0.3, 0.4) is 0 Å². The van der Waals surface area contributed by atoms with Crippen molar-refractivity contribution in [3.63, 3.8) is 0 Å². The first-order valence-corrected chi connectivity index (χ1v) is 13.4. The predicted molar refractivity (Wildman–Crippen MR) is 149 cm³/mol. The number of nitrogens with zero attached hydrogens (tertiary/aromatic N) is 1. The number of alkyl halides is 3. The molecule has 3 aromatic rings. The number of pyridine rings is 1. The Balaban J connectivity index is 0.00000533. The number of aliphatic carboxylic acids is 1. The summed E-state index contributed by atoms with van der Waals surface area (Å²) < 4.78 is 44.9. The van der Waals surface area contributed by atoms with Gasteiger partial charge in [-0.3, -0.25) is 9.78 Å². The van der Waals surface area contributed by atoms with E-state index < -0.39 is 23.8 Å². The normalized spacial score (nSPS) is 12.0. The number of carboxylic acid groups (broad SMARTS) is 1. The van der Waals surface area contributed by atoms with Crippen LogP contribution in [-0.4, -0.2) is 40.4 Å². The van der Waals surface area contributed by atoms with E-state index in [1.165, 1.54) is 19.2 Å². The Kier molecular flexibility index (Phi) is 12.4. The monoisotopic (exact) mass is 584 g/mol. The third-order valence-electron chi connectivity index (χ3n) is 5.96. The lowest BCUT2D eigenvalue weighted by atomic mass is 10.0. The summed E-state index contributed by atoms with van der Waals surface area (Å²) in [6.45, 7) is 3.83. The highest BCUT2D eigenvalue weighted by Gasteiger charge is 2.30. The molecule has 0 aliphatic rings. The Bertz CT molecular complexity index is 1270. The molecular weight excluding hydrogens is 553 g/mol. The second-order valence-corrected chi connectivity index (χ2v) is 10.0. The third kappa shape index (κ3) is 9.61. The van der Waals surface area contributed by atoms with E-state index in [1.54, 1.807) is 11.8 Å². The number of aromatic nitrogens is 1. The summed E-state index contributed by atoms with van der Waals surface area (Å²) >= 11 is 1.61. The van der Waals surface area contributed by atoms with E-state index in [0.717, 1.165) is 70.7 Å². The van der Waals surface area contributed by atoms with Crippen molar-refractivity contribution in [2.45, 2.75) is 63.1 Å². The van der Waals surface area contributed by atoms with Crippen LogP contribution in [0.4, 0.5) is 13.2 Å². The first kappa shape index (κ1) is 32.2. The van der Waals surface area contributed by atoms with Crippen LogP contribution in [0.15, 0.2) is 53.6 Å². The topological polar surface area (TPSA) is 88.5 Å². The van der Waals surface area contributed by atoms with Gasteiger partial charge in [-0.1, -0.05) is 25.1 Å². The number of nitrogens with one attached hydrogen (secondary N) is 1. The van der Waals surface area contributed by atoms with Gasteiger partial charge in [-0.05, 0) is 66.8 Å². The van der Waals surface area contributed by atoms with Crippen molar-refractivity contribution in [2.75, 3.05) is 12.4 Å². The van der Waals surface area contributed by atoms with Gasteiger partial charge < -0.3 is 15.2 Å². The smallest absolute Gasteiger partial charge is 0.416 e. The molecule has 11 heteroatoms. The first-order chi connectivity index (χ1) is 18.1. The van der Waals surface area contributed by atoms with Gasteiger partial charge in [0.15, 0.2) is 0 Å². The molecule has 39 heavy (non-hydrogen) atoms. The Hall–Kier alpha value is -2.98. The molecule has 0 bridgehead atoms. The number of unbranched alkanes of at least 4 members (excludes halogenated alkanes) is 2. The summed E-state index contributed by atoms with van der Waals surface area (Å²) in [5.74, 6) is 0.122. The number of hydrogen-bond donors (Lipinski definition) is 2. The number of rotatable bonds is 13. The number of carbonyl (C=O) groups excluding carboxylic acids is 1. The highest BCUT2D eigenvalue weighted by Crippen LogP contribution is 2.34. The lowest BCUT2D eigenvalue weighted by molar-refractivity contribution is -0.141. The molecule has 6 nitrogen and oxygen atoms in total. The zero-order valence-corrected chi connectivity index (χ0v) is 23.3. The molecule has 2 N–H and O–H groups in total. The van der Waals surface area contributed by atoms with E-state index in [-0.39, 0.29) is 24.7 Å². The molecule has 212 valence electrons. The van der Waals surface area contributed by atoms with Crippen LogP contribution in [0.5, 0.6) is 5.75 Å². The number of amides is 1. The zero-order chi connectivity index (χ0) is 27.7. The molecule has 1 aromatic heterocycles. The van der Waals surface area contributed by atoms with Gasteiger partial charge >= 0.3 is 12.1 Å². The number of halogens is 4. The van der Waals surface area contributed by atoms with E-state index in [9.17, 15) is 27.9 Å². The maximum absolute atomic E-state index is 13.0. The van der Waals surface area contributed by atoms with Crippen LogP contribution in [0.25, 0.3) is 10.9 Å². The summed E-state index contributed by atoms with van der Waals surface area (Å²) in [5, 5.41) is 12.5. The van der Waals surface area contributed by atoms with Crippen molar-refractivity contribution in [1.29, 1.82) is 0 Å². The minimum absolute atomic E-state index is 0. The lowest BCUT2D eigenvalue weighted by Crippen LogP contribution is -2.41. The van der Waals surface area contributed by atoms with Crippen molar-refractivity contribution in [2.24, 2.45) is 0 Å². The third-order valence-corrected chi connectivity index (χ3v) is 7.11. The van der Waals surface area contributed by atoms with Crippen molar-refractivity contribution in [3.05, 3.63) is 65.4 Å². The van der Waals surface area contributed by atoms with Crippen molar-refractivity contribution in [1.82, 2.24) is 10.3 Å². The first-order valence-electron chi connectivity index (χ1n) is 12.4. The molecular formula is C28H32ClF3N2O4S. The minimum Gasteiger partial charge on any atom is -0.493 e. The average molecular weight is 585 g/mol. The molecule has 0 spiro atoms. The number of fused-ring (bicyclic) bond motifs is 1. The predicted octanol–water partition coefficient (Wildman–Crippen LogP) is 6.71. The van der Waals surface area contributed by atoms with E-state index in [4.69, 9.17) is 4.74 Å². The van der Waals surface area contributed by atoms with Gasteiger partial charge in [-0.2, -0.15) is 13.2 Å². The Morgan fingerprint density at radius 3 is 2.54 bits per heavy atom. The minimum atomic E-state index is -4.39. The average Bonchev–Trinajstić information content (AvgIpc) is 2.87. The molecule has 2 aromatic carbocycles. The van der Waals surface area contributed by atoms with E-state index in [2.05, 4.69) is 10.3 Å². The largest absolute Gasteiger partial charge is 0.493 e. The lowest BCUT2D eigenvalue weighted by Gasteiger charge is -2.16. The highest BCUT2D eigenvalue weighted by atomic mass is 35.5. The number of benzene rings is 2. The molecule has 0 fully saturated rings. The van der Waals surface area contributed by atoms with Crippen LogP contribution < -0.4 is 10.1 Å². The number of carbonyl (C=O) groups is 2. The van der Waals surface area contributed by atoms with Gasteiger partial charge in [0, 0.05) is 29.8 Å². The van der Waals surface area contributed by atoms with Crippen molar-refractivity contribution < 1.29 is 32.6 Å². The molecule has 1 heterocycles. The Labute approximate surface area is 236 Å². The summed E-state index contributed by atoms with van der Waals surface area (Å²) in [6.07, 6.45) is 0.775. The molecule has 1 unspecified atom stereocenters. The maximum atomic E-state index is 13.0. The van der Waals surface area contributed by atoms with Crippen LogP contribution in [0, 0.1) is 0 Å². The maximum Gasteiger partial charge on any atom is 0.416 e. The van der Waals surface area contributed by atoms with Crippen LogP contribution in [0.2, 0.25) is 0 Å². The summed E-state index contributed by atoms with van der Waals surface area (Å²) in [7, 11) is 0. The van der Waals surface area contributed by atoms with Crippen molar-refractivity contribution in [3.8, 4) is 5.75 Å². The fourth-order valence-corrected chi connectivity index (χ4v) is 5.08. The molecule has 0 saturated carbocycles.